The Bertz CT molecular complexity index is 588. The number of halogens is 3. The van der Waals surface area contributed by atoms with E-state index in [1.54, 1.807) is 5.32 Å². The molecule has 1 fully saturated rings. The Morgan fingerprint density at radius 1 is 1.23 bits per heavy atom. The second-order valence-electron chi connectivity index (χ2n) is 4.38. The highest BCUT2D eigenvalue weighted by Gasteiger charge is 2.69. The fourth-order valence-electron chi connectivity index (χ4n) is 2.06. The van der Waals surface area contributed by atoms with Gasteiger partial charge < -0.3 is 9.47 Å². The summed E-state index contributed by atoms with van der Waals surface area (Å²) in [4.78, 5) is 24.4. The summed E-state index contributed by atoms with van der Waals surface area (Å²) in [5.74, 6) is -1.10. The average molecular weight is 318 g/mol. The van der Waals surface area contributed by atoms with Gasteiger partial charge in [-0.3, -0.25) is 10.1 Å². The molecule has 0 saturated carbocycles. The Morgan fingerprint density at radius 2 is 1.82 bits per heavy atom. The van der Waals surface area contributed by atoms with Gasteiger partial charge in [-0.15, -0.1) is 0 Å². The van der Waals surface area contributed by atoms with Crippen molar-refractivity contribution >= 4 is 17.6 Å². The standard InChI is InChI=1S/C13H13F3N2O4/c1-3-22-12(13(14,15)16)10(19)18(11(20)17-12)8-4-6-9(21-2)7-5-8/h4-7H,3H2,1-2H3,(H,17,20). The van der Waals surface area contributed by atoms with Gasteiger partial charge in [-0.2, -0.15) is 13.2 Å². The third-order valence-electron chi connectivity index (χ3n) is 3.08. The van der Waals surface area contributed by atoms with Crippen molar-refractivity contribution < 1.29 is 32.2 Å². The van der Waals surface area contributed by atoms with Crippen LogP contribution in [-0.4, -0.2) is 37.6 Å². The number of nitrogens with zero attached hydrogens (tertiary/aromatic N) is 1. The van der Waals surface area contributed by atoms with E-state index < -0.39 is 30.4 Å². The number of hydrogen-bond acceptors (Lipinski definition) is 4. The number of anilines is 1. The van der Waals surface area contributed by atoms with Gasteiger partial charge in [0, 0.05) is 6.61 Å². The molecule has 0 spiro atoms. The van der Waals surface area contributed by atoms with Gasteiger partial charge in [-0.25, -0.2) is 9.69 Å². The van der Waals surface area contributed by atoms with Crippen molar-refractivity contribution in [2.24, 2.45) is 0 Å². The lowest BCUT2D eigenvalue weighted by atomic mass is 10.2. The quantitative estimate of drug-likeness (QED) is 0.863. The summed E-state index contributed by atoms with van der Waals surface area (Å²) in [6, 6.07) is 4.23. The van der Waals surface area contributed by atoms with Crippen LogP contribution >= 0.6 is 0 Å². The van der Waals surface area contributed by atoms with E-state index in [9.17, 15) is 22.8 Å². The molecule has 1 atom stereocenters. The number of carbonyl (C=O) groups excluding carboxylic acids is 2. The maximum Gasteiger partial charge on any atom is 0.446 e. The number of ether oxygens (including phenoxy) is 2. The minimum atomic E-state index is -5.09. The van der Waals surface area contributed by atoms with E-state index in [0.717, 1.165) is 0 Å². The number of amides is 3. The molecule has 6 nitrogen and oxygen atoms in total. The number of hydrogen-bond donors (Lipinski definition) is 1. The molecule has 9 heteroatoms. The summed E-state index contributed by atoms with van der Waals surface area (Å²) < 4.78 is 49.2. The highest BCUT2D eigenvalue weighted by atomic mass is 19.4. The predicted molar refractivity (Wildman–Crippen MR) is 69.4 cm³/mol. The van der Waals surface area contributed by atoms with E-state index in [2.05, 4.69) is 4.74 Å². The molecule has 22 heavy (non-hydrogen) atoms. The van der Waals surface area contributed by atoms with Crippen LogP contribution in [0.4, 0.5) is 23.7 Å². The SMILES string of the molecule is CCOC1(C(F)(F)F)NC(=O)N(c2ccc(OC)cc2)C1=O. The number of imide groups is 1. The van der Waals surface area contributed by atoms with Gasteiger partial charge in [0.15, 0.2) is 0 Å². The summed E-state index contributed by atoms with van der Waals surface area (Å²) in [5, 5.41) is 1.59. The molecule has 1 aliphatic heterocycles. The van der Waals surface area contributed by atoms with Crippen LogP contribution in [-0.2, 0) is 9.53 Å². The van der Waals surface area contributed by atoms with Crippen LogP contribution in [0.2, 0.25) is 0 Å². The van der Waals surface area contributed by atoms with Crippen LogP contribution in [0.3, 0.4) is 0 Å². The maximum absolute atomic E-state index is 13.2. The fourth-order valence-corrected chi connectivity index (χ4v) is 2.06. The van der Waals surface area contributed by atoms with Gasteiger partial charge in [-0.1, -0.05) is 0 Å². The van der Waals surface area contributed by atoms with Crippen molar-refractivity contribution in [2.45, 2.75) is 18.8 Å². The first-order valence-electron chi connectivity index (χ1n) is 6.28. The Hall–Kier alpha value is -2.29. The molecule has 1 aromatic carbocycles. The van der Waals surface area contributed by atoms with E-state index in [1.807, 2.05) is 0 Å². The third kappa shape index (κ3) is 2.37. The molecular weight excluding hydrogens is 305 g/mol. The Labute approximate surface area is 123 Å². The van der Waals surface area contributed by atoms with Gasteiger partial charge in [-0.05, 0) is 31.2 Å². The number of nitrogens with one attached hydrogen (secondary N) is 1. The van der Waals surface area contributed by atoms with Crippen molar-refractivity contribution in [3.8, 4) is 5.75 Å². The summed E-state index contributed by atoms with van der Waals surface area (Å²) in [6.07, 6.45) is -5.09. The number of methoxy groups -OCH3 is 1. The van der Waals surface area contributed by atoms with E-state index in [-0.39, 0.29) is 5.69 Å². The fraction of sp³-hybridized carbons (Fsp3) is 0.385. The van der Waals surface area contributed by atoms with E-state index in [0.29, 0.717) is 10.6 Å². The Morgan fingerprint density at radius 3 is 2.27 bits per heavy atom. The van der Waals surface area contributed by atoms with Crippen molar-refractivity contribution in [2.75, 3.05) is 18.6 Å². The second kappa shape index (κ2) is 5.48. The van der Waals surface area contributed by atoms with Gasteiger partial charge in [0.2, 0.25) is 0 Å². The summed E-state index contributed by atoms with van der Waals surface area (Å²) >= 11 is 0. The topological polar surface area (TPSA) is 67.9 Å². The van der Waals surface area contributed by atoms with Crippen LogP contribution in [0.15, 0.2) is 24.3 Å². The monoisotopic (exact) mass is 318 g/mol. The summed E-state index contributed by atoms with van der Waals surface area (Å²) in [6.45, 7) is 0.894. The second-order valence-corrected chi connectivity index (χ2v) is 4.38. The first kappa shape index (κ1) is 16.1. The predicted octanol–water partition coefficient (Wildman–Crippen LogP) is 2.05. The summed E-state index contributed by atoms with van der Waals surface area (Å²) in [5.41, 5.74) is -3.38. The van der Waals surface area contributed by atoms with E-state index in [4.69, 9.17) is 4.74 Å². The Balaban J connectivity index is 2.42. The number of rotatable bonds is 4. The molecule has 3 amide bonds. The molecule has 1 unspecified atom stereocenters. The first-order valence-corrected chi connectivity index (χ1v) is 6.28. The van der Waals surface area contributed by atoms with Crippen molar-refractivity contribution in [3.63, 3.8) is 0 Å². The average Bonchev–Trinajstić information content (AvgIpc) is 2.71. The normalized spacial score (nSPS) is 22.0. The Kier molecular flexibility index (Phi) is 4.01. The van der Waals surface area contributed by atoms with E-state index in [1.165, 1.54) is 38.3 Å². The zero-order valence-corrected chi connectivity index (χ0v) is 11.7. The number of alkyl halides is 3. The first-order chi connectivity index (χ1) is 10.3. The molecular formula is C13H13F3N2O4. The van der Waals surface area contributed by atoms with Crippen molar-refractivity contribution in [3.05, 3.63) is 24.3 Å². The lowest BCUT2D eigenvalue weighted by molar-refractivity contribution is -0.267. The van der Waals surface area contributed by atoms with Crippen LogP contribution in [0.25, 0.3) is 0 Å². The van der Waals surface area contributed by atoms with Gasteiger partial charge in [0.25, 0.3) is 5.91 Å². The lowest BCUT2D eigenvalue weighted by Gasteiger charge is -2.28. The molecule has 120 valence electrons. The zero-order chi connectivity index (χ0) is 16.5. The van der Waals surface area contributed by atoms with Crippen molar-refractivity contribution in [1.29, 1.82) is 0 Å². The lowest BCUT2D eigenvalue weighted by Crippen LogP contribution is -2.60. The molecule has 0 aliphatic carbocycles. The smallest absolute Gasteiger partial charge is 0.446 e. The van der Waals surface area contributed by atoms with Crippen LogP contribution in [0.1, 0.15) is 6.92 Å². The van der Waals surface area contributed by atoms with Gasteiger partial charge >= 0.3 is 17.9 Å². The molecule has 1 aliphatic rings. The molecule has 1 aromatic rings. The largest absolute Gasteiger partial charge is 0.497 e. The van der Waals surface area contributed by atoms with Gasteiger partial charge in [0.1, 0.15) is 5.75 Å². The highest BCUT2D eigenvalue weighted by Crippen LogP contribution is 2.38. The van der Waals surface area contributed by atoms with Crippen LogP contribution in [0, 0.1) is 0 Å². The summed E-state index contributed by atoms with van der Waals surface area (Å²) in [7, 11) is 1.41. The van der Waals surface area contributed by atoms with E-state index >= 15 is 0 Å². The van der Waals surface area contributed by atoms with Crippen LogP contribution < -0.4 is 15.0 Å². The molecule has 0 aromatic heterocycles. The zero-order valence-electron chi connectivity index (χ0n) is 11.7. The molecule has 0 radical (unpaired) electrons. The highest BCUT2D eigenvalue weighted by molar-refractivity contribution is 6.23. The molecule has 0 bridgehead atoms. The number of benzene rings is 1. The third-order valence-corrected chi connectivity index (χ3v) is 3.08. The number of carbonyl (C=O) groups is 2. The maximum atomic E-state index is 13.2. The van der Waals surface area contributed by atoms with Crippen molar-refractivity contribution in [1.82, 2.24) is 5.32 Å². The number of urea groups is 1. The van der Waals surface area contributed by atoms with Gasteiger partial charge in [0.05, 0.1) is 12.8 Å². The minimum Gasteiger partial charge on any atom is -0.497 e. The minimum absolute atomic E-state index is 0.0193. The van der Waals surface area contributed by atoms with Crippen LogP contribution in [0.5, 0.6) is 5.75 Å². The molecule has 1 saturated heterocycles. The molecule has 1 N–H and O–H groups in total. The molecule has 1 heterocycles. The molecule has 2 rings (SSSR count).